The highest BCUT2D eigenvalue weighted by Gasteiger charge is 2.12. The van der Waals surface area contributed by atoms with Gasteiger partial charge in [-0.25, -0.2) is 4.98 Å². The van der Waals surface area contributed by atoms with Gasteiger partial charge < -0.3 is 5.73 Å². The molecule has 4 heteroatoms. The van der Waals surface area contributed by atoms with E-state index in [9.17, 15) is 4.79 Å². The number of nitrogens with two attached hydrogens (primary N) is 1. The van der Waals surface area contributed by atoms with Crippen LogP contribution < -0.4 is 5.73 Å². The largest absolute Gasteiger partial charge is 0.398 e. The Balaban J connectivity index is 2.22. The second-order valence-corrected chi connectivity index (χ2v) is 5.11. The second-order valence-electron chi connectivity index (χ2n) is 4.05. The summed E-state index contributed by atoms with van der Waals surface area (Å²) in [7, 11) is 0. The number of Topliss-reactive ketones (excluding diaryl/α,β-unsaturated/α-hetero) is 1. The van der Waals surface area contributed by atoms with Gasteiger partial charge in [0.1, 0.15) is 0 Å². The molecule has 3 nitrogen and oxygen atoms in total. The van der Waals surface area contributed by atoms with Gasteiger partial charge in [0.25, 0.3) is 0 Å². The van der Waals surface area contributed by atoms with Crippen molar-refractivity contribution in [3.8, 4) is 0 Å². The number of ketones is 1. The van der Waals surface area contributed by atoms with Crippen molar-refractivity contribution in [1.29, 1.82) is 0 Å². The summed E-state index contributed by atoms with van der Waals surface area (Å²) >= 11 is 1.55. The van der Waals surface area contributed by atoms with Crippen LogP contribution in [0, 0.1) is 13.8 Å². The second kappa shape index (κ2) is 4.67. The Bertz CT molecular complexity index is 560. The van der Waals surface area contributed by atoms with E-state index in [1.54, 1.807) is 17.4 Å². The van der Waals surface area contributed by atoms with Gasteiger partial charge in [0.05, 0.1) is 17.1 Å². The summed E-state index contributed by atoms with van der Waals surface area (Å²) < 4.78 is 0. The minimum absolute atomic E-state index is 0.0245. The molecule has 0 radical (unpaired) electrons. The fraction of sp³-hybridized carbons (Fsp3) is 0.231. The average molecular weight is 246 g/mol. The number of hydrogen-bond acceptors (Lipinski definition) is 4. The number of thiazole rings is 1. The summed E-state index contributed by atoms with van der Waals surface area (Å²) in [5.41, 5.74) is 8.80. The van der Waals surface area contributed by atoms with E-state index >= 15 is 0 Å². The maximum absolute atomic E-state index is 12.1. The zero-order valence-electron chi connectivity index (χ0n) is 9.86. The predicted octanol–water partition coefficient (Wildman–Crippen LogP) is 2.77. The molecular formula is C13H14N2OS. The third kappa shape index (κ3) is 2.71. The van der Waals surface area contributed by atoms with Gasteiger partial charge in [-0.3, -0.25) is 4.79 Å². The molecule has 0 bridgehead atoms. The molecule has 2 aromatic rings. The number of hydrogen-bond donors (Lipinski definition) is 1. The molecule has 0 amide bonds. The van der Waals surface area contributed by atoms with Crippen LogP contribution in [0.2, 0.25) is 0 Å². The average Bonchev–Trinajstić information content (AvgIpc) is 2.67. The summed E-state index contributed by atoms with van der Waals surface area (Å²) in [6, 6.07) is 5.50. The lowest BCUT2D eigenvalue weighted by Gasteiger charge is -2.04. The Kier molecular flexibility index (Phi) is 3.24. The van der Waals surface area contributed by atoms with Crippen LogP contribution in [0.4, 0.5) is 5.69 Å². The van der Waals surface area contributed by atoms with Crippen LogP contribution in [-0.4, -0.2) is 10.8 Å². The minimum Gasteiger partial charge on any atom is -0.398 e. The van der Waals surface area contributed by atoms with Crippen LogP contribution in [0.15, 0.2) is 23.6 Å². The van der Waals surface area contributed by atoms with Crippen molar-refractivity contribution in [2.45, 2.75) is 20.3 Å². The van der Waals surface area contributed by atoms with Crippen molar-refractivity contribution in [2.24, 2.45) is 0 Å². The van der Waals surface area contributed by atoms with Gasteiger partial charge in [0.2, 0.25) is 0 Å². The Morgan fingerprint density at radius 2 is 2.18 bits per heavy atom. The Morgan fingerprint density at radius 3 is 2.82 bits per heavy atom. The third-order valence-electron chi connectivity index (χ3n) is 2.52. The van der Waals surface area contributed by atoms with E-state index in [1.807, 2.05) is 31.4 Å². The summed E-state index contributed by atoms with van der Waals surface area (Å²) in [5, 5.41) is 2.89. The molecule has 88 valence electrons. The zero-order valence-corrected chi connectivity index (χ0v) is 10.7. The van der Waals surface area contributed by atoms with E-state index < -0.39 is 0 Å². The molecule has 0 unspecified atom stereocenters. The molecule has 0 aliphatic heterocycles. The predicted molar refractivity (Wildman–Crippen MR) is 70.5 cm³/mol. The first kappa shape index (κ1) is 11.8. The van der Waals surface area contributed by atoms with Gasteiger partial charge in [0, 0.05) is 16.6 Å². The molecule has 17 heavy (non-hydrogen) atoms. The van der Waals surface area contributed by atoms with E-state index in [4.69, 9.17) is 5.73 Å². The topological polar surface area (TPSA) is 56.0 Å². The molecule has 0 aliphatic rings. The van der Waals surface area contributed by atoms with Crippen molar-refractivity contribution in [1.82, 2.24) is 4.98 Å². The summed E-state index contributed by atoms with van der Waals surface area (Å²) in [6.07, 6.45) is 0.317. The van der Waals surface area contributed by atoms with Crippen molar-refractivity contribution < 1.29 is 4.79 Å². The van der Waals surface area contributed by atoms with Crippen LogP contribution in [0.3, 0.4) is 0 Å². The van der Waals surface area contributed by atoms with Crippen LogP contribution in [0.25, 0.3) is 0 Å². The zero-order chi connectivity index (χ0) is 12.4. The molecule has 0 fully saturated rings. The number of nitrogen functional groups attached to an aromatic ring is 1. The van der Waals surface area contributed by atoms with Crippen molar-refractivity contribution in [2.75, 3.05) is 5.73 Å². The van der Waals surface area contributed by atoms with E-state index in [2.05, 4.69) is 4.98 Å². The summed E-state index contributed by atoms with van der Waals surface area (Å²) in [4.78, 5) is 16.4. The number of nitrogens with zero attached hydrogens (tertiary/aromatic N) is 1. The van der Waals surface area contributed by atoms with Gasteiger partial charge in [0.15, 0.2) is 5.78 Å². The fourth-order valence-electron chi connectivity index (χ4n) is 1.66. The SMILES string of the molecule is Cc1ccc(N)c(C(=O)Cc2csc(C)n2)c1. The molecule has 0 spiro atoms. The van der Waals surface area contributed by atoms with Gasteiger partial charge in [-0.15, -0.1) is 11.3 Å². The van der Waals surface area contributed by atoms with Crippen LogP contribution >= 0.6 is 11.3 Å². The lowest BCUT2D eigenvalue weighted by molar-refractivity contribution is 0.0993. The van der Waals surface area contributed by atoms with Gasteiger partial charge in [-0.2, -0.15) is 0 Å². The number of anilines is 1. The smallest absolute Gasteiger partial charge is 0.170 e. The van der Waals surface area contributed by atoms with Crippen LogP contribution in [-0.2, 0) is 6.42 Å². The highest BCUT2D eigenvalue weighted by molar-refractivity contribution is 7.09. The van der Waals surface area contributed by atoms with E-state index in [0.717, 1.165) is 16.3 Å². The maximum Gasteiger partial charge on any atom is 0.170 e. The fourth-order valence-corrected chi connectivity index (χ4v) is 2.27. The normalized spacial score (nSPS) is 10.5. The molecule has 0 atom stereocenters. The number of rotatable bonds is 3. The van der Waals surface area contributed by atoms with Gasteiger partial charge in [-0.1, -0.05) is 11.6 Å². The molecule has 2 N–H and O–H groups in total. The van der Waals surface area contributed by atoms with Crippen molar-refractivity contribution in [3.05, 3.63) is 45.4 Å². The van der Waals surface area contributed by atoms with E-state index in [1.165, 1.54) is 0 Å². The number of aromatic nitrogens is 1. The molecule has 2 rings (SSSR count). The van der Waals surface area contributed by atoms with Gasteiger partial charge >= 0.3 is 0 Å². The minimum atomic E-state index is 0.0245. The summed E-state index contributed by atoms with van der Waals surface area (Å²) in [6.45, 7) is 3.88. The lowest BCUT2D eigenvalue weighted by atomic mass is 10.0. The Morgan fingerprint density at radius 1 is 1.41 bits per heavy atom. The van der Waals surface area contributed by atoms with Crippen molar-refractivity contribution in [3.63, 3.8) is 0 Å². The standard InChI is InChI=1S/C13H14N2OS/c1-8-3-4-12(14)11(5-8)13(16)6-10-7-17-9(2)15-10/h3-5,7H,6,14H2,1-2H3. The van der Waals surface area contributed by atoms with Gasteiger partial charge in [-0.05, 0) is 26.0 Å². The van der Waals surface area contributed by atoms with Crippen molar-refractivity contribution >= 4 is 22.8 Å². The summed E-state index contributed by atoms with van der Waals surface area (Å²) in [5.74, 6) is 0.0245. The maximum atomic E-state index is 12.1. The van der Waals surface area contributed by atoms with Crippen LogP contribution in [0.5, 0.6) is 0 Å². The molecule has 1 aromatic carbocycles. The molecular weight excluding hydrogens is 232 g/mol. The quantitative estimate of drug-likeness (QED) is 0.669. The molecule has 0 aliphatic carbocycles. The Hall–Kier alpha value is -1.68. The van der Waals surface area contributed by atoms with E-state index in [-0.39, 0.29) is 5.78 Å². The Labute approximate surface area is 104 Å². The first-order valence-corrected chi connectivity index (χ1v) is 6.24. The monoisotopic (exact) mass is 246 g/mol. The highest BCUT2D eigenvalue weighted by Crippen LogP contribution is 2.17. The van der Waals surface area contributed by atoms with Crippen LogP contribution in [0.1, 0.15) is 26.6 Å². The first-order valence-electron chi connectivity index (χ1n) is 5.36. The lowest BCUT2D eigenvalue weighted by Crippen LogP contribution is -2.07. The number of aryl methyl sites for hydroxylation is 2. The van der Waals surface area contributed by atoms with E-state index in [0.29, 0.717) is 17.7 Å². The molecule has 0 saturated heterocycles. The number of carbonyl (C=O) groups is 1. The number of carbonyl (C=O) groups excluding carboxylic acids is 1. The molecule has 0 saturated carbocycles. The number of benzene rings is 1. The molecule has 1 aromatic heterocycles. The molecule has 1 heterocycles. The third-order valence-corrected chi connectivity index (χ3v) is 3.34. The first-order chi connectivity index (χ1) is 8.06. The highest BCUT2D eigenvalue weighted by atomic mass is 32.1.